The number of benzene rings is 1. The Bertz CT molecular complexity index is 1260. The molecule has 3 amide bonds. The van der Waals surface area contributed by atoms with Crippen LogP contribution >= 0.6 is 0 Å². The Hall–Kier alpha value is -4.35. The Morgan fingerprint density at radius 2 is 1.54 bits per heavy atom. The molecule has 0 bridgehead atoms. The summed E-state index contributed by atoms with van der Waals surface area (Å²) in [6.07, 6.45) is -1.43. The van der Waals surface area contributed by atoms with Crippen LogP contribution in [-0.4, -0.2) is 67.3 Å². The number of anilines is 2. The number of aromatic nitrogens is 3. The van der Waals surface area contributed by atoms with Gasteiger partial charge in [0.25, 0.3) is 0 Å². The van der Waals surface area contributed by atoms with Crippen LogP contribution < -0.4 is 10.6 Å². The van der Waals surface area contributed by atoms with Crippen molar-refractivity contribution >= 4 is 40.7 Å². The number of amides is 3. The summed E-state index contributed by atoms with van der Waals surface area (Å²) in [5.74, 6) is 0.489. The molecule has 0 aliphatic heterocycles. The zero-order chi connectivity index (χ0) is 27.5. The number of carbonyl (C=O) groups excluding carboxylic acids is 2. The maximum absolute atomic E-state index is 12.7. The summed E-state index contributed by atoms with van der Waals surface area (Å²) in [6.45, 7) is 9.31. The van der Waals surface area contributed by atoms with Gasteiger partial charge in [-0.25, -0.2) is 19.3 Å². The van der Waals surface area contributed by atoms with Crippen molar-refractivity contribution < 1.29 is 29.0 Å². The lowest BCUT2D eigenvalue weighted by Crippen LogP contribution is -2.47. The third-order valence-corrected chi connectivity index (χ3v) is 4.88. The van der Waals surface area contributed by atoms with E-state index in [-0.39, 0.29) is 18.9 Å². The lowest BCUT2D eigenvalue weighted by atomic mass is 10.2. The molecule has 0 aliphatic rings. The molecule has 37 heavy (non-hydrogen) atoms. The van der Waals surface area contributed by atoms with Gasteiger partial charge in [0, 0.05) is 23.8 Å². The Morgan fingerprint density at radius 3 is 2.05 bits per heavy atom. The minimum atomic E-state index is -1.34. The van der Waals surface area contributed by atoms with Gasteiger partial charge in [-0.3, -0.25) is 9.47 Å². The number of ether oxygens (including phenoxy) is 2. The van der Waals surface area contributed by atoms with Gasteiger partial charge in [0.1, 0.15) is 11.2 Å². The number of carbonyl (C=O) groups is 3. The van der Waals surface area contributed by atoms with E-state index in [1.807, 2.05) is 24.4 Å². The van der Waals surface area contributed by atoms with E-state index in [0.717, 1.165) is 20.7 Å². The SMILES string of the molecule is CC(C)(C)OC(=O)N(CCN(C(=O)O)c1ccc(-n2ccc3cc(N)ccc32)nn1)C(=O)OC(C)(C)C. The minimum Gasteiger partial charge on any atom is -0.465 e. The first kappa shape index (κ1) is 27.2. The molecule has 0 saturated heterocycles. The lowest BCUT2D eigenvalue weighted by Gasteiger charge is -2.29. The van der Waals surface area contributed by atoms with Gasteiger partial charge >= 0.3 is 18.3 Å². The number of nitrogens with two attached hydrogens (primary N) is 1. The highest BCUT2D eigenvalue weighted by atomic mass is 16.6. The molecular formula is C25H32N6O6. The second-order valence-electron chi connectivity index (χ2n) is 10.3. The summed E-state index contributed by atoms with van der Waals surface area (Å²) in [6, 6.07) is 10.5. The van der Waals surface area contributed by atoms with Crippen molar-refractivity contribution in [2.24, 2.45) is 0 Å². The normalized spacial score (nSPS) is 11.7. The van der Waals surface area contributed by atoms with E-state index in [0.29, 0.717) is 11.5 Å². The van der Waals surface area contributed by atoms with Gasteiger partial charge in [-0.1, -0.05) is 0 Å². The Labute approximate surface area is 214 Å². The molecule has 0 atom stereocenters. The summed E-state index contributed by atoms with van der Waals surface area (Å²) >= 11 is 0. The van der Waals surface area contributed by atoms with Gasteiger partial charge < -0.3 is 20.3 Å². The van der Waals surface area contributed by atoms with Crippen LogP contribution in [0.3, 0.4) is 0 Å². The molecule has 12 nitrogen and oxygen atoms in total. The van der Waals surface area contributed by atoms with Crippen LogP contribution in [0.4, 0.5) is 25.9 Å². The third-order valence-electron chi connectivity index (χ3n) is 4.88. The van der Waals surface area contributed by atoms with Gasteiger partial charge in [-0.05, 0) is 77.9 Å². The molecule has 12 heteroatoms. The van der Waals surface area contributed by atoms with Crippen molar-refractivity contribution in [1.29, 1.82) is 0 Å². The van der Waals surface area contributed by atoms with Gasteiger partial charge in [0.05, 0.1) is 12.1 Å². The smallest absolute Gasteiger partial charge is 0.419 e. The number of nitrogens with zero attached hydrogens (tertiary/aromatic N) is 5. The predicted molar refractivity (Wildman–Crippen MR) is 138 cm³/mol. The quantitative estimate of drug-likeness (QED) is 0.465. The fourth-order valence-electron chi connectivity index (χ4n) is 3.35. The summed E-state index contributed by atoms with van der Waals surface area (Å²) in [7, 11) is 0. The van der Waals surface area contributed by atoms with E-state index in [4.69, 9.17) is 15.2 Å². The van der Waals surface area contributed by atoms with E-state index in [1.165, 1.54) is 6.07 Å². The Balaban J connectivity index is 1.81. The molecule has 198 valence electrons. The standard InChI is InChI=1S/C25H32N6O6/c1-24(2,3)36-22(34)31(23(35)37-25(4,5)6)14-13-30(21(32)33)20-10-9-19(27-28-20)29-12-11-16-15-17(26)7-8-18(16)29/h7-12,15H,13-14,26H2,1-6H3,(H,32,33). The molecule has 0 aliphatic carbocycles. The van der Waals surface area contributed by atoms with E-state index < -0.39 is 29.5 Å². The second-order valence-corrected chi connectivity index (χ2v) is 10.3. The molecule has 0 radical (unpaired) electrons. The number of fused-ring (bicyclic) bond motifs is 1. The van der Waals surface area contributed by atoms with E-state index in [9.17, 15) is 19.5 Å². The zero-order valence-corrected chi connectivity index (χ0v) is 21.8. The minimum absolute atomic E-state index is 0.0188. The van der Waals surface area contributed by atoms with Gasteiger partial charge in [0.2, 0.25) is 0 Å². The monoisotopic (exact) mass is 512 g/mol. The van der Waals surface area contributed by atoms with Crippen LogP contribution in [-0.2, 0) is 9.47 Å². The maximum atomic E-state index is 12.7. The van der Waals surface area contributed by atoms with Crippen molar-refractivity contribution in [3.63, 3.8) is 0 Å². The van der Waals surface area contributed by atoms with Crippen LogP contribution in [0, 0.1) is 0 Å². The molecule has 3 rings (SSSR count). The molecule has 0 unspecified atom stereocenters. The van der Waals surface area contributed by atoms with Crippen LogP contribution in [0.25, 0.3) is 16.7 Å². The number of hydrogen-bond donors (Lipinski definition) is 2. The topological polar surface area (TPSA) is 153 Å². The zero-order valence-electron chi connectivity index (χ0n) is 21.8. The molecule has 2 heterocycles. The lowest BCUT2D eigenvalue weighted by molar-refractivity contribution is 0.00193. The van der Waals surface area contributed by atoms with Crippen LogP contribution in [0.2, 0.25) is 0 Å². The average molecular weight is 513 g/mol. The number of nitrogen functional groups attached to an aromatic ring is 1. The summed E-state index contributed by atoms with van der Waals surface area (Å²) in [5.41, 5.74) is 5.58. The highest BCUT2D eigenvalue weighted by Crippen LogP contribution is 2.22. The molecule has 0 saturated carbocycles. The molecule has 2 aromatic heterocycles. The van der Waals surface area contributed by atoms with E-state index in [1.54, 1.807) is 58.2 Å². The predicted octanol–water partition coefficient (Wildman–Crippen LogP) is 4.66. The van der Waals surface area contributed by atoms with Gasteiger partial charge in [-0.15, -0.1) is 10.2 Å². The Morgan fingerprint density at radius 1 is 0.919 bits per heavy atom. The number of rotatable bonds is 5. The summed E-state index contributed by atoms with van der Waals surface area (Å²) < 4.78 is 12.4. The first-order valence-electron chi connectivity index (χ1n) is 11.6. The van der Waals surface area contributed by atoms with Gasteiger partial charge in [0.15, 0.2) is 11.6 Å². The van der Waals surface area contributed by atoms with Gasteiger partial charge in [-0.2, -0.15) is 0 Å². The highest BCUT2D eigenvalue weighted by Gasteiger charge is 2.32. The highest BCUT2D eigenvalue weighted by molar-refractivity contribution is 5.89. The molecular weight excluding hydrogens is 480 g/mol. The molecule has 3 aromatic rings. The fraction of sp³-hybridized carbons (Fsp3) is 0.400. The Kier molecular flexibility index (Phi) is 7.61. The first-order chi connectivity index (χ1) is 17.1. The van der Waals surface area contributed by atoms with E-state index in [2.05, 4.69) is 10.2 Å². The third kappa shape index (κ3) is 7.09. The van der Waals surface area contributed by atoms with Crippen molar-refractivity contribution in [3.8, 4) is 5.82 Å². The average Bonchev–Trinajstić information content (AvgIpc) is 3.17. The number of carboxylic acid groups (broad SMARTS) is 1. The fourth-order valence-corrected chi connectivity index (χ4v) is 3.35. The molecule has 3 N–H and O–H groups in total. The van der Waals surface area contributed by atoms with Crippen molar-refractivity contribution in [2.45, 2.75) is 52.7 Å². The van der Waals surface area contributed by atoms with Crippen LogP contribution in [0.15, 0.2) is 42.6 Å². The largest absolute Gasteiger partial charge is 0.465 e. The molecule has 1 aromatic carbocycles. The van der Waals surface area contributed by atoms with Crippen molar-refractivity contribution in [1.82, 2.24) is 19.7 Å². The molecule has 0 fully saturated rings. The maximum Gasteiger partial charge on any atom is 0.419 e. The summed E-state index contributed by atoms with van der Waals surface area (Å²) in [4.78, 5) is 39.0. The van der Waals surface area contributed by atoms with E-state index >= 15 is 0 Å². The summed E-state index contributed by atoms with van der Waals surface area (Å²) in [5, 5.41) is 19.0. The van der Waals surface area contributed by atoms with Crippen LogP contribution in [0.5, 0.6) is 0 Å². The second kappa shape index (κ2) is 10.3. The van der Waals surface area contributed by atoms with Crippen molar-refractivity contribution in [2.75, 3.05) is 23.7 Å². The van der Waals surface area contributed by atoms with Crippen LogP contribution in [0.1, 0.15) is 41.5 Å². The number of imide groups is 1. The number of hydrogen-bond acceptors (Lipinski definition) is 8. The van der Waals surface area contributed by atoms with Crippen molar-refractivity contribution in [3.05, 3.63) is 42.6 Å². The first-order valence-corrected chi connectivity index (χ1v) is 11.6. The molecule has 0 spiro atoms.